The number of ether oxygens (including phenoxy) is 1. The van der Waals surface area contributed by atoms with Crippen molar-refractivity contribution >= 4 is 27.3 Å². The summed E-state index contributed by atoms with van der Waals surface area (Å²) in [6.07, 6.45) is 1.41. The number of aliphatic hydroxyl groups is 1. The highest BCUT2D eigenvalue weighted by Crippen LogP contribution is 2.33. The summed E-state index contributed by atoms with van der Waals surface area (Å²) in [7, 11) is 0. The second-order valence-corrected chi connectivity index (χ2v) is 4.64. The quantitative estimate of drug-likeness (QED) is 0.889. The maximum atomic E-state index is 9.91. The van der Waals surface area contributed by atoms with E-state index in [1.165, 1.54) is 11.3 Å². The summed E-state index contributed by atoms with van der Waals surface area (Å²) in [5.41, 5.74) is 1.72. The first-order chi connectivity index (χ1) is 6.29. The van der Waals surface area contributed by atoms with Gasteiger partial charge in [-0.1, -0.05) is 0 Å². The molecule has 3 nitrogen and oxygen atoms in total. The van der Waals surface area contributed by atoms with Crippen LogP contribution in [0.15, 0.2) is 10.1 Å². The fourth-order valence-electron chi connectivity index (χ4n) is 1.45. The molecule has 2 atom stereocenters. The summed E-state index contributed by atoms with van der Waals surface area (Å²) in [4.78, 5) is 4.90. The van der Waals surface area contributed by atoms with Gasteiger partial charge in [0.1, 0.15) is 10.7 Å². The molecule has 1 aliphatic heterocycles. The maximum Gasteiger partial charge on any atom is 0.122 e. The number of aromatic nitrogens is 1. The van der Waals surface area contributed by atoms with Crippen molar-refractivity contribution in [1.82, 2.24) is 4.98 Å². The Kier molecular flexibility index (Phi) is 2.98. The summed E-state index contributed by atoms with van der Waals surface area (Å²) in [6.45, 7) is 0.762. The van der Waals surface area contributed by atoms with Crippen molar-refractivity contribution in [1.29, 1.82) is 0 Å². The first-order valence-corrected chi connectivity index (χ1v) is 5.85. The molecule has 13 heavy (non-hydrogen) atoms. The Balaban J connectivity index is 2.12. The van der Waals surface area contributed by atoms with Gasteiger partial charge in [0, 0.05) is 6.61 Å². The molecule has 0 bridgehead atoms. The fourth-order valence-corrected chi connectivity index (χ4v) is 2.92. The monoisotopic (exact) mass is 263 g/mol. The van der Waals surface area contributed by atoms with Crippen molar-refractivity contribution < 1.29 is 9.84 Å². The average molecular weight is 264 g/mol. The van der Waals surface area contributed by atoms with Gasteiger partial charge in [-0.2, -0.15) is 0 Å². The van der Waals surface area contributed by atoms with E-state index in [0.29, 0.717) is 0 Å². The Bertz CT molecular complexity index is 285. The second-order valence-electron chi connectivity index (χ2n) is 3.00. The van der Waals surface area contributed by atoms with E-state index in [2.05, 4.69) is 20.9 Å². The van der Waals surface area contributed by atoms with Gasteiger partial charge in [-0.05, 0) is 28.8 Å². The number of rotatable bonds is 2. The van der Waals surface area contributed by atoms with Crippen molar-refractivity contribution in [3.05, 3.63) is 15.0 Å². The van der Waals surface area contributed by atoms with E-state index < -0.39 is 6.10 Å². The van der Waals surface area contributed by atoms with Crippen LogP contribution in [0.1, 0.15) is 23.8 Å². The van der Waals surface area contributed by atoms with Crippen LogP contribution in [0.3, 0.4) is 0 Å². The van der Waals surface area contributed by atoms with Crippen LogP contribution in [0.5, 0.6) is 0 Å². The summed E-state index contributed by atoms with van der Waals surface area (Å²) in [6, 6.07) is 0. The Morgan fingerprint density at radius 2 is 2.62 bits per heavy atom. The van der Waals surface area contributed by atoms with Crippen molar-refractivity contribution in [2.45, 2.75) is 25.0 Å². The lowest BCUT2D eigenvalue weighted by Crippen LogP contribution is -2.16. The molecule has 0 aromatic carbocycles. The molecule has 0 radical (unpaired) electrons. The summed E-state index contributed by atoms with van der Waals surface area (Å²) < 4.78 is 6.14. The van der Waals surface area contributed by atoms with Crippen LogP contribution in [0.2, 0.25) is 0 Å². The van der Waals surface area contributed by atoms with E-state index in [-0.39, 0.29) is 6.10 Å². The third-order valence-corrected chi connectivity index (χ3v) is 3.93. The maximum absolute atomic E-state index is 9.91. The van der Waals surface area contributed by atoms with Crippen molar-refractivity contribution in [2.24, 2.45) is 0 Å². The van der Waals surface area contributed by atoms with Gasteiger partial charge in [-0.15, -0.1) is 11.3 Å². The van der Waals surface area contributed by atoms with E-state index in [0.717, 1.165) is 28.9 Å². The Labute approximate surface area is 88.9 Å². The number of nitrogens with zero attached hydrogens (tertiary/aromatic N) is 1. The van der Waals surface area contributed by atoms with Gasteiger partial charge in [0.25, 0.3) is 0 Å². The van der Waals surface area contributed by atoms with Crippen LogP contribution in [0.4, 0.5) is 0 Å². The molecule has 0 aliphatic carbocycles. The van der Waals surface area contributed by atoms with Crippen LogP contribution in [0.25, 0.3) is 0 Å². The predicted octanol–water partition coefficient (Wildman–Crippen LogP) is 2.12. The number of thiazole rings is 1. The van der Waals surface area contributed by atoms with E-state index in [1.807, 2.05) is 0 Å². The molecule has 2 heterocycles. The highest BCUT2D eigenvalue weighted by Gasteiger charge is 2.27. The molecular weight excluding hydrogens is 254 g/mol. The predicted molar refractivity (Wildman–Crippen MR) is 53.7 cm³/mol. The minimum atomic E-state index is -0.524. The Morgan fingerprint density at radius 1 is 1.77 bits per heavy atom. The lowest BCUT2D eigenvalue weighted by atomic mass is 10.1. The molecule has 1 aromatic heterocycles. The molecule has 2 rings (SSSR count). The van der Waals surface area contributed by atoms with Gasteiger partial charge in [0.2, 0.25) is 0 Å². The van der Waals surface area contributed by atoms with Crippen molar-refractivity contribution in [3.63, 3.8) is 0 Å². The molecule has 1 N–H and O–H groups in total. The topological polar surface area (TPSA) is 42.4 Å². The third-order valence-electron chi connectivity index (χ3n) is 2.13. The van der Waals surface area contributed by atoms with Crippen LogP contribution in [0, 0.1) is 0 Å². The van der Waals surface area contributed by atoms with Crippen LogP contribution >= 0.6 is 27.3 Å². The van der Waals surface area contributed by atoms with E-state index in [9.17, 15) is 5.11 Å². The minimum Gasteiger partial charge on any atom is -0.385 e. The largest absolute Gasteiger partial charge is 0.385 e. The van der Waals surface area contributed by atoms with Gasteiger partial charge >= 0.3 is 0 Å². The SMILES string of the molecule is OC(c1scnc1Br)C1CCCO1. The van der Waals surface area contributed by atoms with Gasteiger partial charge in [0.15, 0.2) is 0 Å². The molecule has 1 fully saturated rings. The zero-order valence-electron chi connectivity index (χ0n) is 6.94. The molecule has 0 amide bonds. The zero-order valence-corrected chi connectivity index (χ0v) is 9.34. The zero-order chi connectivity index (χ0) is 9.26. The molecule has 1 aromatic rings. The highest BCUT2D eigenvalue weighted by atomic mass is 79.9. The molecule has 0 spiro atoms. The van der Waals surface area contributed by atoms with Crippen LogP contribution in [-0.2, 0) is 4.74 Å². The van der Waals surface area contributed by atoms with Crippen LogP contribution < -0.4 is 0 Å². The lowest BCUT2D eigenvalue weighted by molar-refractivity contribution is -0.00121. The minimum absolute atomic E-state index is 0.0447. The summed E-state index contributed by atoms with van der Waals surface area (Å²) in [5.74, 6) is 0. The van der Waals surface area contributed by atoms with E-state index in [4.69, 9.17) is 4.74 Å². The Morgan fingerprint density at radius 3 is 3.15 bits per heavy atom. The van der Waals surface area contributed by atoms with Crippen molar-refractivity contribution in [2.75, 3.05) is 6.61 Å². The number of halogens is 1. The van der Waals surface area contributed by atoms with Gasteiger partial charge < -0.3 is 9.84 Å². The Hall–Kier alpha value is 0.0300. The standard InChI is InChI=1S/C8H10BrNO2S/c9-8-7(13-4-10-8)6(11)5-2-1-3-12-5/h4-6,11H,1-3H2. The molecule has 5 heteroatoms. The molecule has 1 saturated heterocycles. The normalized spacial score (nSPS) is 24.9. The van der Waals surface area contributed by atoms with Gasteiger partial charge in [-0.25, -0.2) is 4.98 Å². The molecule has 72 valence electrons. The lowest BCUT2D eigenvalue weighted by Gasteiger charge is -2.15. The van der Waals surface area contributed by atoms with E-state index in [1.54, 1.807) is 5.51 Å². The first kappa shape index (κ1) is 9.58. The third kappa shape index (κ3) is 1.93. The fraction of sp³-hybridized carbons (Fsp3) is 0.625. The number of aliphatic hydroxyl groups excluding tert-OH is 1. The van der Waals surface area contributed by atoms with Gasteiger partial charge in [0.05, 0.1) is 16.5 Å². The van der Waals surface area contributed by atoms with Crippen molar-refractivity contribution in [3.8, 4) is 0 Å². The second kappa shape index (κ2) is 4.04. The smallest absolute Gasteiger partial charge is 0.122 e. The van der Waals surface area contributed by atoms with E-state index >= 15 is 0 Å². The molecular formula is C8H10BrNO2S. The average Bonchev–Trinajstić information content (AvgIpc) is 2.72. The molecule has 1 aliphatic rings. The summed E-state index contributed by atoms with van der Waals surface area (Å²) in [5, 5.41) is 9.91. The molecule has 0 saturated carbocycles. The number of hydrogen-bond acceptors (Lipinski definition) is 4. The first-order valence-electron chi connectivity index (χ1n) is 4.17. The van der Waals surface area contributed by atoms with Gasteiger partial charge in [-0.3, -0.25) is 0 Å². The summed E-state index contributed by atoms with van der Waals surface area (Å²) >= 11 is 4.75. The molecule has 2 unspecified atom stereocenters. The van der Waals surface area contributed by atoms with Crippen LogP contribution in [-0.4, -0.2) is 22.8 Å². The highest BCUT2D eigenvalue weighted by molar-refractivity contribution is 9.10. The number of hydrogen-bond donors (Lipinski definition) is 1.